The van der Waals surface area contributed by atoms with Gasteiger partial charge in [-0.1, -0.05) is 36.8 Å². The predicted molar refractivity (Wildman–Crippen MR) is 95.6 cm³/mol. The fourth-order valence-corrected chi connectivity index (χ4v) is 2.60. The summed E-state index contributed by atoms with van der Waals surface area (Å²) >= 11 is 0. The maximum Gasteiger partial charge on any atom is 0.258 e. The number of rotatable bonds is 7. The van der Waals surface area contributed by atoms with E-state index in [0.717, 1.165) is 29.0 Å². The van der Waals surface area contributed by atoms with Crippen molar-refractivity contribution in [3.05, 3.63) is 59.2 Å². The lowest BCUT2D eigenvalue weighted by molar-refractivity contribution is -0.123. The first-order valence-electron chi connectivity index (χ1n) is 8.16. The smallest absolute Gasteiger partial charge is 0.258 e. The SMILES string of the molecule is CC[C@H](NC(=O)COc1ccc(C)cc1C)c1ccc(OC)cc1. The van der Waals surface area contributed by atoms with E-state index in [4.69, 9.17) is 9.47 Å². The van der Waals surface area contributed by atoms with Crippen molar-refractivity contribution in [2.45, 2.75) is 33.2 Å². The monoisotopic (exact) mass is 327 g/mol. The van der Waals surface area contributed by atoms with Gasteiger partial charge in [0.15, 0.2) is 6.61 Å². The van der Waals surface area contributed by atoms with Crippen LogP contribution in [-0.2, 0) is 4.79 Å². The highest BCUT2D eigenvalue weighted by Gasteiger charge is 2.13. The van der Waals surface area contributed by atoms with Crippen LogP contribution in [0.3, 0.4) is 0 Å². The molecule has 2 aromatic carbocycles. The van der Waals surface area contributed by atoms with Crippen LogP contribution in [0.5, 0.6) is 11.5 Å². The van der Waals surface area contributed by atoms with E-state index in [0.29, 0.717) is 0 Å². The van der Waals surface area contributed by atoms with E-state index in [9.17, 15) is 4.79 Å². The van der Waals surface area contributed by atoms with E-state index < -0.39 is 0 Å². The molecule has 0 radical (unpaired) electrons. The summed E-state index contributed by atoms with van der Waals surface area (Å²) in [6.45, 7) is 6.06. The van der Waals surface area contributed by atoms with Gasteiger partial charge in [-0.3, -0.25) is 4.79 Å². The number of hydrogen-bond acceptors (Lipinski definition) is 3. The lowest BCUT2D eigenvalue weighted by atomic mass is 10.0. The summed E-state index contributed by atoms with van der Waals surface area (Å²) in [5.74, 6) is 1.42. The minimum atomic E-state index is -0.127. The Morgan fingerprint density at radius 3 is 2.42 bits per heavy atom. The molecule has 0 aliphatic heterocycles. The fourth-order valence-electron chi connectivity index (χ4n) is 2.60. The molecule has 0 spiro atoms. The molecule has 4 heteroatoms. The van der Waals surface area contributed by atoms with Crippen LogP contribution in [-0.4, -0.2) is 19.6 Å². The third-order valence-electron chi connectivity index (χ3n) is 3.95. The molecular weight excluding hydrogens is 302 g/mol. The molecule has 0 aromatic heterocycles. The Morgan fingerprint density at radius 2 is 1.83 bits per heavy atom. The zero-order valence-corrected chi connectivity index (χ0v) is 14.8. The molecule has 0 fully saturated rings. The second kappa shape index (κ2) is 8.39. The molecule has 24 heavy (non-hydrogen) atoms. The molecule has 4 nitrogen and oxygen atoms in total. The van der Waals surface area contributed by atoms with Gasteiger partial charge in [0.25, 0.3) is 5.91 Å². The number of aryl methyl sites for hydroxylation is 2. The zero-order chi connectivity index (χ0) is 17.5. The van der Waals surface area contributed by atoms with Gasteiger partial charge in [-0.25, -0.2) is 0 Å². The summed E-state index contributed by atoms with van der Waals surface area (Å²) < 4.78 is 10.8. The van der Waals surface area contributed by atoms with Crippen LogP contribution in [0.4, 0.5) is 0 Å². The average molecular weight is 327 g/mol. The molecule has 1 amide bonds. The molecule has 2 rings (SSSR count). The van der Waals surface area contributed by atoms with E-state index in [2.05, 4.69) is 5.32 Å². The van der Waals surface area contributed by atoms with Crippen molar-refractivity contribution in [1.29, 1.82) is 0 Å². The molecule has 0 aliphatic carbocycles. The van der Waals surface area contributed by atoms with Gasteiger partial charge in [-0.2, -0.15) is 0 Å². The van der Waals surface area contributed by atoms with Gasteiger partial charge in [-0.15, -0.1) is 0 Å². The maximum absolute atomic E-state index is 12.2. The highest BCUT2D eigenvalue weighted by Crippen LogP contribution is 2.21. The van der Waals surface area contributed by atoms with E-state index in [-0.39, 0.29) is 18.6 Å². The van der Waals surface area contributed by atoms with Gasteiger partial charge in [0, 0.05) is 0 Å². The van der Waals surface area contributed by atoms with Crippen LogP contribution < -0.4 is 14.8 Å². The van der Waals surface area contributed by atoms with Crippen LogP contribution in [0.1, 0.15) is 36.1 Å². The molecule has 0 bridgehead atoms. The molecular formula is C20H25NO3. The number of nitrogens with one attached hydrogen (secondary N) is 1. The zero-order valence-electron chi connectivity index (χ0n) is 14.8. The molecule has 0 saturated heterocycles. The predicted octanol–water partition coefficient (Wildman–Crippen LogP) is 3.96. The lowest BCUT2D eigenvalue weighted by Crippen LogP contribution is -2.32. The summed E-state index contributed by atoms with van der Waals surface area (Å²) in [5, 5.41) is 3.02. The molecule has 1 N–H and O–H groups in total. The number of ether oxygens (including phenoxy) is 2. The van der Waals surface area contributed by atoms with Gasteiger partial charge < -0.3 is 14.8 Å². The Labute approximate surface area is 143 Å². The third kappa shape index (κ3) is 4.75. The Morgan fingerprint density at radius 1 is 1.12 bits per heavy atom. The Bertz CT molecular complexity index is 680. The summed E-state index contributed by atoms with van der Waals surface area (Å²) in [6.07, 6.45) is 0.807. The summed E-state index contributed by atoms with van der Waals surface area (Å²) in [7, 11) is 1.64. The topological polar surface area (TPSA) is 47.6 Å². The van der Waals surface area contributed by atoms with E-state index in [1.807, 2.05) is 63.2 Å². The van der Waals surface area contributed by atoms with Gasteiger partial charge >= 0.3 is 0 Å². The van der Waals surface area contributed by atoms with Gasteiger partial charge in [0.1, 0.15) is 11.5 Å². The Kier molecular flexibility index (Phi) is 6.24. The standard InChI is InChI=1S/C20H25NO3/c1-5-18(16-7-9-17(23-4)10-8-16)21-20(22)13-24-19-11-6-14(2)12-15(19)3/h6-12,18H,5,13H2,1-4H3,(H,21,22)/t18-/m0/s1. The van der Waals surface area contributed by atoms with Crippen molar-refractivity contribution in [2.75, 3.05) is 13.7 Å². The highest BCUT2D eigenvalue weighted by molar-refractivity contribution is 5.78. The molecule has 2 aromatic rings. The number of amides is 1. The van der Waals surface area contributed by atoms with Gasteiger partial charge in [0.05, 0.1) is 13.2 Å². The average Bonchev–Trinajstić information content (AvgIpc) is 2.59. The van der Waals surface area contributed by atoms with Crippen LogP contribution in [0.2, 0.25) is 0 Å². The molecule has 0 saturated carbocycles. The first-order chi connectivity index (χ1) is 11.5. The minimum Gasteiger partial charge on any atom is -0.497 e. The number of carbonyl (C=O) groups is 1. The third-order valence-corrected chi connectivity index (χ3v) is 3.95. The van der Waals surface area contributed by atoms with Crippen molar-refractivity contribution in [3.63, 3.8) is 0 Å². The van der Waals surface area contributed by atoms with E-state index in [1.165, 1.54) is 5.56 Å². The number of carbonyl (C=O) groups excluding carboxylic acids is 1. The summed E-state index contributed by atoms with van der Waals surface area (Å²) in [6, 6.07) is 13.6. The van der Waals surface area contributed by atoms with Crippen molar-refractivity contribution in [2.24, 2.45) is 0 Å². The van der Waals surface area contributed by atoms with E-state index >= 15 is 0 Å². The Balaban J connectivity index is 1.93. The van der Waals surface area contributed by atoms with Crippen molar-refractivity contribution in [3.8, 4) is 11.5 Å². The van der Waals surface area contributed by atoms with Crippen LogP contribution >= 0.6 is 0 Å². The molecule has 0 heterocycles. The minimum absolute atomic E-state index is 0.0105. The number of benzene rings is 2. The van der Waals surface area contributed by atoms with Crippen LogP contribution in [0, 0.1) is 13.8 Å². The Hall–Kier alpha value is -2.49. The quantitative estimate of drug-likeness (QED) is 0.837. The summed E-state index contributed by atoms with van der Waals surface area (Å²) in [4.78, 5) is 12.2. The molecule has 128 valence electrons. The normalized spacial score (nSPS) is 11.7. The summed E-state index contributed by atoms with van der Waals surface area (Å²) in [5.41, 5.74) is 3.26. The van der Waals surface area contributed by atoms with Gasteiger partial charge in [-0.05, 0) is 49.6 Å². The number of hydrogen-bond donors (Lipinski definition) is 1. The first kappa shape index (κ1) is 17.9. The lowest BCUT2D eigenvalue weighted by Gasteiger charge is -2.18. The van der Waals surface area contributed by atoms with Crippen molar-refractivity contribution >= 4 is 5.91 Å². The van der Waals surface area contributed by atoms with Crippen molar-refractivity contribution < 1.29 is 14.3 Å². The van der Waals surface area contributed by atoms with E-state index in [1.54, 1.807) is 7.11 Å². The second-order valence-corrected chi connectivity index (χ2v) is 5.86. The highest BCUT2D eigenvalue weighted by atomic mass is 16.5. The molecule has 0 aliphatic rings. The molecule has 1 atom stereocenters. The number of methoxy groups -OCH3 is 1. The fraction of sp³-hybridized carbons (Fsp3) is 0.350. The maximum atomic E-state index is 12.2. The van der Waals surface area contributed by atoms with Crippen LogP contribution in [0.25, 0.3) is 0 Å². The first-order valence-corrected chi connectivity index (χ1v) is 8.16. The van der Waals surface area contributed by atoms with Crippen molar-refractivity contribution in [1.82, 2.24) is 5.32 Å². The molecule has 0 unspecified atom stereocenters. The second-order valence-electron chi connectivity index (χ2n) is 5.86. The largest absolute Gasteiger partial charge is 0.497 e. The van der Waals surface area contributed by atoms with Gasteiger partial charge in [0.2, 0.25) is 0 Å². The van der Waals surface area contributed by atoms with Crippen LogP contribution in [0.15, 0.2) is 42.5 Å².